The number of carboxylic acid groups (broad SMARTS) is 3. The first-order chi connectivity index (χ1) is 10.4. The average Bonchev–Trinajstić information content (AvgIpc) is 2.47. The number of aromatic nitrogens is 1. The van der Waals surface area contributed by atoms with Crippen molar-refractivity contribution in [2.45, 2.75) is 6.54 Å². The lowest BCUT2D eigenvalue weighted by Crippen LogP contribution is -2.34. The quantitative estimate of drug-likeness (QED) is 0.569. The van der Waals surface area contributed by atoms with Gasteiger partial charge < -0.3 is 22.7 Å². The van der Waals surface area contributed by atoms with Crippen LogP contribution in [0, 0.1) is 7.43 Å². The summed E-state index contributed by atoms with van der Waals surface area (Å²) < 4.78 is 1.54. The Hall–Kier alpha value is -3.22. The molecular weight excluding hydrogens is 302 g/mol. The van der Waals surface area contributed by atoms with E-state index in [-0.39, 0.29) is 30.7 Å². The lowest BCUT2D eigenvalue weighted by molar-refractivity contribution is -0.688. The highest BCUT2D eigenvalue weighted by Crippen LogP contribution is 2.11. The molecule has 0 aliphatic heterocycles. The van der Waals surface area contributed by atoms with E-state index in [1.165, 1.54) is 29.0 Å². The fourth-order valence-electron chi connectivity index (χ4n) is 1.99. The van der Waals surface area contributed by atoms with Crippen molar-refractivity contribution in [3.63, 3.8) is 0 Å². The normalized spacial score (nSPS) is 9.74. The van der Waals surface area contributed by atoms with Crippen molar-refractivity contribution in [1.29, 1.82) is 0 Å². The van der Waals surface area contributed by atoms with Crippen LogP contribution in [-0.4, -0.2) is 33.2 Å². The predicted octanol–water partition coefficient (Wildman–Crippen LogP) is 1.57. The number of hydrogen-bond donors (Lipinski definition) is 3. The van der Waals surface area contributed by atoms with Crippen molar-refractivity contribution in [2.75, 3.05) is 0 Å². The van der Waals surface area contributed by atoms with Crippen LogP contribution >= 0.6 is 0 Å². The van der Waals surface area contributed by atoms with Gasteiger partial charge >= 0.3 is 17.9 Å². The van der Waals surface area contributed by atoms with Gasteiger partial charge in [-0.3, -0.25) is 0 Å². The van der Waals surface area contributed by atoms with Gasteiger partial charge in [0, 0.05) is 11.6 Å². The zero-order chi connectivity index (χ0) is 16.3. The molecule has 0 unspecified atom stereocenters. The van der Waals surface area contributed by atoms with Gasteiger partial charge in [0.15, 0.2) is 18.9 Å². The number of rotatable bonds is 5. The highest BCUT2D eigenvalue weighted by atomic mass is 16.4. The first-order valence-electron chi connectivity index (χ1n) is 6.20. The summed E-state index contributed by atoms with van der Waals surface area (Å²) in [6, 6.07) is 6.76. The van der Waals surface area contributed by atoms with Gasteiger partial charge in [0.25, 0.3) is 0 Å². The van der Waals surface area contributed by atoms with Gasteiger partial charge in [0.2, 0.25) is 0 Å². The van der Waals surface area contributed by atoms with Crippen LogP contribution < -0.4 is 4.57 Å². The lowest BCUT2D eigenvalue weighted by atomic mass is 10.1. The summed E-state index contributed by atoms with van der Waals surface area (Å²) in [5, 5.41) is 27.0. The highest BCUT2D eigenvalue weighted by molar-refractivity contribution is 5.94. The second-order valence-corrected chi connectivity index (χ2v) is 4.60. The molecule has 1 aromatic carbocycles. The summed E-state index contributed by atoms with van der Waals surface area (Å²) in [7, 11) is 0. The van der Waals surface area contributed by atoms with Crippen LogP contribution in [0.5, 0.6) is 0 Å². The van der Waals surface area contributed by atoms with E-state index in [4.69, 9.17) is 15.3 Å². The fraction of sp³-hybridized carbons (Fsp3) is 0.0625. The minimum atomic E-state index is -1.23. The number of nitrogens with zero attached hydrogens (tertiary/aromatic N) is 1. The number of carbonyl (C=O) groups is 3. The summed E-state index contributed by atoms with van der Waals surface area (Å²) in [6.45, 7) is 0.155. The van der Waals surface area contributed by atoms with Crippen LogP contribution in [0.15, 0.2) is 42.7 Å². The molecule has 0 aliphatic carbocycles. The van der Waals surface area contributed by atoms with Crippen LogP contribution in [0.2, 0.25) is 0 Å². The first kappa shape index (κ1) is 17.8. The average molecular weight is 317 g/mol. The van der Waals surface area contributed by atoms with Crippen LogP contribution in [0.4, 0.5) is 0 Å². The molecule has 0 atom stereocenters. The van der Waals surface area contributed by atoms with Crippen LogP contribution in [0.3, 0.4) is 0 Å². The van der Waals surface area contributed by atoms with Gasteiger partial charge in [-0.2, -0.15) is 4.57 Å². The molecule has 0 saturated carbocycles. The first-order valence-corrected chi connectivity index (χ1v) is 6.20. The molecule has 1 heterocycles. The number of carboxylic acids is 3. The Kier molecular flexibility index (Phi) is 5.56. The molecule has 120 valence electrons. The number of aromatic carboxylic acids is 3. The molecule has 0 saturated heterocycles. The van der Waals surface area contributed by atoms with Crippen LogP contribution in [0.25, 0.3) is 0 Å². The zero-order valence-electron chi connectivity index (χ0n) is 12.3. The number of pyridine rings is 1. The highest BCUT2D eigenvalue weighted by Gasteiger charge is 2.15. The third-order valence-electron chi connectivity index (χ3n) is 2.96. The van der Waals surface area contributed by atoms with Crippen molar-refractivity contribution in [3.8, 4) is 0 Å². The van der Waals surface area contributed by atoms with Gasteiger partial charge in [0.1, 0.15) is 5.56 Å². The maximum absolute atomic E-state index is 11.0. The van der Waals surface area contributed by atoms with Gasteiger partial charge in [-0.15, -0.1) is 0 Å². The molecule has 23 heavy (non-hydrogen) atoms. The van der Waals surface area contributed by atoms with E-state index in [2.05, 4.69) is 0 Å². The minimum absolute atomic E-state index is 0. The molecule has 0 aliphatic rings. The van der Waals surface area contributed by atoms with Crippen molar-refractivity contribution < 1.29 is 34.3 Å². The van der Waals surface area contributed by atoms with E-state index in [0.29, 0.717) is 5.56 Å². The zero-order valence-corrected chi connectivity index (χ0v) is 12.3. The van der Waals surface area contributed by atoms with Crippen molar-refractivity contribution in [2.24, 2.45) is 0 Å². The molecule has 0 spiro atoms. The largest absolute Gasteiger partial charge is 0.478 e. The van der Waals surface area contributed by atoms with Crippen LogP contribution in [-0.2, 0) is 6.54 Å². The molecule has 0 fully saturated rings. The molecule has 0 amide bonds. The second-order valence-electron chi connectivity index (χ2n) is 4.60. The SMILES string of the molecule is O=C(O)c1cc(C[n+]2cccc(C(=O)O)c2)cc(C(=O)O)c1.[CH3-]. The fourth-order valence-corrected chi connectivity index (χ4v) is 1.99. The van der Waals surface area contributed by atoms with Crippen molar-refractivity contribution in [1.82, 2.24) is 0 Å². The molecular formula is C16H15NO6. The van der Waals surface area contributed by atoms with Gasteiger partial charge in [0.05, 0.1) is 11.1 Å². The molecule has 2 rings (SSSR count). The topological polar surface area (TPSA) is 116 Å². The van der Waals surface area contributed by atoms with Gasteiger partial charge in [-0.05, 0) is 24.3 Å². The number of benzene rings is 1. The standard InChI is InChI=1S/C15H11NO6.CH3/c17-13(18)10-2-1-3-16(8-10)7-9-4-11(14(19)20)6-12(5-9)15(21)22;/h1-6,8H,7H2,(H2-,17,18,19,20,21,22);1H3/q;-1/p+1. The Balaban J connectivity index is 0.00000264. The maximum Gasteiger partial charge on any atom is 0.341 e. The van der Waals surface area contributed by atoms with E-state index in [0.717, 1.165) is 6.07 Å². The van der Waals surface area contributed by atoms with Crippen molar-refractivity contribution in [3.05, 3.63) is 72.4 Å². The lowest BCUT2D eigenvalue weighted by Gasteiger charge is -2.03. The van der Waals surface area contributed by atoms with E-state index >= 15 is 0 Å². The van der Waals surface area contributed by atoms with Crippen LogP contribution in [0.1, 0.15) is 36.6 Å². The van der Waals surface area contributed by atoms with Crippen molar-refractivity contribution >= 4 is 17.9 Å². The van der Waals surface area contributed by atoms with Gasteiger partial charge in [-0.1, -0.05) is 0 Å². The summed E-state index contributed by atoms with van der Waals surface area (Å²) in [6.07, 6.45) is 3.00. The monoisotopic (exact) mass is 317 g/mol. The molecule has 3 N–H and O–H groups in total. The Labute approximate surface area is 132 Å². The maximum atomic E-state index is 11.0. The molecule has 0 bridgehead atoms. The molecule has 0 radical (unpaired) electrons. The van der Waals surface area contributed by atoms with E-state index in [9.17, 15) is 14.4 Å². The van der Waals surface area contributed by atoms with E-state index < -0.39 is 17.9 Å². The Morgan fingerprint density at radius 3 is 1.87 bits per heavy atom. The minimum Gasteiger partial charge on any atom is -0.478 e. The number of hydrogen-bond acceptors (Lipinski definition) is 3. The summed E-state index contributed by atoms with van der Waals surface area (Å²) in [5.74, 6) is -3.54. The predicted molar refractivity (Wildman–Crippen MR) is 79.5 cm³/mol. The van der Waals surface area contributed by atoms with Gasteiger partial charge in [-0.25, -0.2) is 14.4 Å². The Morgan fingerprint density at radius 1 is 0.870 bits per heavy atom. The van der Waals surface area contributed by atoms with E-state index in [1.54, 1.807) is 12.3 Å². The summed E-state index contributed by atoms with van der Waals surface area (Å²) in [4.78, 5) is 33.0. The smallest absolute Gasteiger partial charge is 0.341 e. The second kappa shape index (κ2) is 7.17. The molecule has 1 aromatic heterocycles. The van der Waals surface area contributed by atoms with E-state index in [1.807, 2.05) is 0 Å². The molecule has 7 nitrogen and oxygen atoms in total. The third kappa shape index (κ3) is 4.37. The summed E-state index contributed by atoms with van der Waals surface area (Å²) in [5.41, 5.74) is 0.259. The Morgan fingerprint density at radius 2 is 1.39 bits per heavy atom. The third-order valence-corrected chi connectivity index (χ3v) is 2.96. The Bertz CT molecular complexity index is 737. The molecule has 7 heteroatoms. The summed E-state index contributed by atoms with van der Waals surface area (Å²) >= 11 is 0. The molecule has 2 aromatic rings.